The highest BCUT2D eigenvalue weighted by molar-refractivity contribution is 7.13. The summed E-state index contributed by atoms with van der Waals surface area (Å²) in [4.78, 5) is 9.93. The first-order valence-corrected chi connectivity index (χ1v) is 10.4. The molecule has 4 aliphatic heterocycles. The second-order valence-corrected chi connectivity index (χ2v) is 8.47. The van der Waals surface area contributed by atoms with Crippen molar-refractivity contribution in [2.45, 2.75) is 37.5 Å². The van der Waals surface area contributed by atoms with Crippen molar-refractivity contribution in [2.24, 2.45) is 5.92 Å². The van der Waals surface area contributed by atoms with Gasteiger partial charge in [0.15, 0.2) is 5.13 Å². The van der Waals surface area contributed by atoms with Gasteiger partial charge in [-0.3, -0.25) is 4.90 Å². The summed E-state index contributed by atoms with van der Waals surface area (Å²) in [6.07, 6.45) is 2.57. The minimum atomic E-state index is 0.0178. The molecule has 0 unspecified atom stereocenters. The molecular weight excluding hydrogens is 346 g/mol. The number of hydrogen-bond acceptors (Lipinski definition) is 6. The molecule has 0 aliphatic carbocycles. The molecule has 1 aromatic carbocycles. The van der Waals surface area contributed by atoms with Crippen LogP contribution in [0.4, 0.5) is 5.13 Å². The van der Waals surface area contributed by atoms with E-state index in [-0.39, 0.29) is 6.61 Å². The molecule has 5 heterocycles. The predicted molar refractivity (Wildman–Crippen MR) is 103 cm³/mol. The number of piperidine rings is 3. The van der Waals surface area contributed by atoms with Gasteiger partial charge in [0.2, 0.25) is 0 Å². The van der Waals surface area contributed by atoms with Gasteiger partial charge >= 0.3 is 0 Å². The van der Waals surface area contributed by atoms with Crippen molar-refractivity contribution < 1.29 is 9.84 Å². The quantitative estimate of drug-likeness (QED) is 0.896. The fourth-order valence-corrected chi connectivity index (χ4v) is 6.26. The van der Waals surface area contributed by atoms with Crippen molar-refractivity contribution in [1.82, 2.24) is 9.88 Å². The van der Waals surface area contributed by atoms with Crippen LogP contribution < -0.4 is 9.64 Å². The lowest BCUT2D eigenvalue weighted by molar-refractivity contribution is 0.0353. The molecule has 2 aromatic rings. The number of aliphatic hydroxyl groups excluding tert-OH is 1. The first kappa shape index (κ1) is 16.5. The average Bonchev–Trinajstić information content (AvgIpc) is 3.34. The Morgan fingerprint density at radius 3 is 2.77 bits per heavy atom. The van der Waals surface area contributed by atoms with Crippen molar-refractivity contribution in [1.29, 1.82) is 0 Å². The van der Waals surface area contributed by atoms with Crippen LogP contribution >= 0.6 is 11.3 Å². The van der Waals surface area contributed by atoms with Gasteiger partial charge in [0, 0.05) is 29.4 Å². The minimum absolute atomic E-state index is 0.0178. The maximum absolute atomic E-state index is 9.43. The van der Waals surface area contributed by atoms with E-state index >= 15 is 0 Å². The van der Waals surface area contributed by atoms with Gasteiger partial charge in [-0.2, -0.15) is 0 Å². The topological polar surface area (TPSA) is 48.8 Å². The number of thiazole rings is 1. The molecule has 6 heteroatoms. The number of anilines is 1. The van der Waals surface area contributed by atoms with Gasteiger partial charge in [0.1, 0.15) is 5.75 Å². The minimum Gasteiger partial charge on any atom is -0.496 e. The maximum atomic E-state index is 9.43. The predicted octanol–water partition coefficient (Wildman–Crippen LogP) is 2.71. The summed E-state index contributed by atoms with van der Waals surface area (Å²) in [5, 5.41) is 12.5. The second-order valence-electron chi connectivity index (χ2n) is 7.63. The number of aliphatic hydroxyl groups is 1. The van der Waals surface area contributed by atoms with Gasteiger partial charge in [0.05, 0.1) is 25.5 Å². The number of fused-ring (bicyclic) bond motifs is 2. The summed E-state index contributed by atoms with van der Waals surface area (Å²) >= 11 is 1.67. The van der Waals surface area contributed by atoms with Crippen molar-refractivity contribution >= 4 is 16.5 Å². The van der Waals surface area contributed by atoms with E-state index in [2.05, 4.69) is 28.0 Å². The Hall–Kier alpha value is -1.63. The van der Waals surface area contributed by atoms with Gasteiger partial charge in [-0.25, -0.2) is 4.98 Å². The molecule has 2 bridgehead atoms. The van der Waals surface area contributed by atoms with Crippen molar-refractivity contribution in [3.8, 4) is 5.75 Å². The summed E-state index contributed by atoms with van der Waals surface area (Å²) in [6.45, 7) is 3.42. The van der Waals surface area contributed by atoms with Crippen molar-refractivity contribution in [3.05, 3.63) is 40.9 Å². The Labute approximate surface area is 158 Å². The van der Waals surface area contributed by atoms with Crippen LogP contribution in [0.25, 0.3) is 0 Å². The molecule has 0 saturated carbocycles. The van der Waals surface area contributed by atoms with E-state index in [1.165, 1.54) is 31.5 Å². The van der Waals surface area contributed by atoms with E-state index in [4.69, 9.17) is 9.72 Å². The molecule has 0 spiro atoms. The zero-order valence-electron chi connectivity index (χ0n) is 15.0. The van der Waals surface area contributed by atoms with Crippen LogP contribution in [0.3, 0.4) is 0 Å². The molecule has 5 nitrogen and oxygen atoms in total. The van der Waals surface area contributed by atoms with Gasteiger partial charge in [-0.05, 0) is 37.9 Å². The van der Waals surface area contributed by atoms with E-state index in [0.29, 0.717) is 18.0 Å². The van der Waals surface area contributed by atoms with Crippen LogP contribution in [0.5, 0.6) is 5.75 Å². The van der Waals surface area contributed by atoms with E-state index < -0.39 is 0 Å². The molecule has 4 fully saturated rings. The van der Waals surface area contributed by atoms with Gasteiger partial charge in [0.25, 0.3) is 0 Å². The molecule has 0 amide bonds. The van der Waals surface area contributed by atoms with Crippen LogP contribution in [0, 0.1) is 5.92 Å². The number of ether oxygens (including phenoxy) is 1. The zero-order valence-corrected chi connectivity index (χ0v) is 15.9. The van der Waals surface area contributed by atoms with Gasteiger partial charge in [-0.15, -0.1) is 11.3 Å². The Bertz CT molecular complexity index is 787. The first-order valence-electron chi connectivity index (χ1n) is 9.49. The smallest absolute Gasteiger partial charge is 0.185 e. The molecular formula is C20H25N3O2S. The lowest BCUT2D eigenvalue weighted by Gasteiger charge is -2.51. The summed E-state index contributed by atoms with van der Waals surface area (Å²) in [7, 11) is 1.77. The van der Waals surface area contributed by atoms with Crippen LogP contribution in [-0.2, 0) is 6.61 Å². The molecule has 0 radical (unpaired) electrons. The average molecular weight is 372 g/mol. The Balaban J connectivity index is 1.56. The third-order valence-electron chi connectivity index (χ3n) is 6.48. The Kier molecular flexibility index (Phi) is 4.14. The Morgan fingerprint density at radius 1 is 1.23 bits per heavy atom. The summed E-state index contributed by atoms with van der Waals surface area (Å²) < 4.78 is 5.70. The Morgan fingerprint density at radius 2 is 2.04 bits per heavy atom. The molecule has 26 heavy (non-hydrogen) atoms. The van der Waals surface area contributed by atoms with Crippen molar-refractivity contribution in [3.63, 3.8) is 0 Å². The first-order chi connectivity index (χ1) is 12.8. The van der Waals surface area contributed by atoms with Gasteiger partial charge < -0.3 is 14.7 Å². The van der Waals surface area contributed by atoms with E-state index in [0.717, 1.165) is 29.0 Å². The van der Waals surface area contributed by atoms with Crippen LogP contribution in [0.1, 0.15) is 30.0 Å². The van der Waals surface area contributed by atoms with Gasteiger partial charge in [-0.1, -0.05) is 18.2 Å². The lowest BCUT2D eigenvalue weighted by atomic mass is 9.75. The number of methoxy groups -OCH3 is 1. The fourth-order valence-electron chi connectivity index (χ4n) is 5.39. The molecule has 6 rings (SSSR count). The summed E-state index contributed by atoms with van der Waals surface area (Å²) in [5.74, 6) is 2.17. The number of rotatable bonds is 4. The highest BCUT2D eigenvalue weighted by Crippen LogP contribution is 2.49. The molecule has 4 saturated heterocycles. The number of aromatic nitrogens is 1. The van der Waals surface area contributed by atoms with Crippen LogP contribution in [0.15, 0.2) is 29.6 Å². The van der Waals surface area contributed by atoms with Crippen molar-refractivity contribution in [2.75, 3.05) is 31.6 Å². The second kappa shape index (κ2) is 6.51. The highest BCUT2D eigenvalue weighted by Gasteiger charge is 2.54. The summed E-state index contributed by atoms with van der Waals surface area (Å²) in [5.41, 5.74) is 2.10. The van der Waals surface area contributed by atoms with Crippen LogP contribution in [0.2, 0.25) is 0 Å². The number of hydrogen-bond donors (Lipinski definition) is 1. The molecule has 138 valence electrons. The third-order valence-corrected chi connectivity index (χ3v) is 7.41. The van der Waals surface area contributed by atoms with E-state index in [1.54, 1.807) is 18.4 Å². The lowest BCUT2D eigenvalue weighted by Crippen LogP contribution is -2.60. The highest BCUT2D eigenvalue weighted by atomic mass is 32.1. The zero-order chi connectivity index (χ0) is 17.7. The number of nitrogens with zero attached hydrogens (tertiary/aromatic N) is 3. The maximum Gasteiger partial charge on any atom is 0.185 e. The largest absolute Gasteiger partial charge is 0.496 e. The van der Waals surface area contributed by atoms with E-state index in [9.17, 15) is 5.11 Å². The molecule has 1 aromatic heterocycles. The third kappa shape index (κ3) is 2.47. The standard InChI is InChI=1S/C20H25N3O2S/c1-25-17-5-3-2-4-15(17)16-10-23(20-21-14(11-24)12-26-20)18-13-6-8-22(9-7-13)19(16)18/h2-5,12-13,16,18-19,24H,6-11H2,1H3/t16-,18+,19+/m0/s1. The molecule has 4 aliphatic rings. The van der Waals surface area contributed by atoms with E-state index in [1.807, 2.05) is 11.4 Å². The molecule has 1 N–H and O–H groups in total. The summed E-state index contributed by atoms with van der Waals surface area (Å²) in [6, 6.07) is 9.53. The number of para-hydroxylation sites is 1. The van der Waals surface area contributed by atoms with Crippen LogP contribution in [-0.4, -0.2) is 53.8 Å². The fraction of sp³-hybridized carbons (Fsp3) is 0.550. The monoisotopic (exact) mass is 371 g/mol. The SMILES string of the molecule is COc1ccccc1[C@@H]1CN(c2nc(CO)cs2)[C@@H]2C3CCN(CC3)[C@@H]21. The molecule has 3 atom stereocenters. The number of benzene rings is 1. The normalized spacial score (nSPS) is 32.7.